The molecule has 3 nitrogen and oxygen atoms in total. The van der Waals surface area contributed by atoms with Crippen molar-refractivity contribution in [1.29, 1.82) is 0 Å². The fourth-order valence-electron chi connectivity index (χ4n) is 1.34. The molecule has 1 aromatic rings. The fraction of sp³-hybridized carbons (Fsp3) is 0.364. The Hall–Kier alpha value is -0.580. The zero-order valence-electron chi connectivity index (χ0n) is 9.09. The average molecular weight is 307 g/mol. The zero-order valence-corrected chi connectivity index (χ0v) is 11.4. The molecule has 0 aliphatic carbocycles. The molecule has 1 rings (SSSR count). The van der Waals surface area contributed by atoms with Gasteiger partial charge in [0, 0.05) is 4.47 Å². The van der Waals surface area contributed by atoms with Crippen molar-refractivity contribution in [2.75, 3.05) is 13.7 Å². The van der Waals surface area contributed by atoms with Crippen LogP contribution in [0.15, 0.2) is 22.7 Å². The molecule has 0 radical (unpaired) electrons. The summed E-state index contributed by atoms with van der Waals surface area (Å²) in [7, 11) is 1.71. The van der Waals surface area contributed by atoms with Gasteiger partial charge in [-0.2, -0.15) is 0 Å². The number of nitrogens with one attached hydrogen (secondary N) is 1. The zero-order chi connectivity index (χ0) is 12.1. The number of benzene rings is 1. The maximum atomic E-state index is 11.6. The Balaban J connectivity index is 2.95. The normalized spacial score (nSPS) is 12.2. The van der Waals surface area contributed by atoms with Crippen molar-refractivity contribution in [1.82, 2.24) is 5.32 Å². The predicted molar refractivity (Wildman–Crippen MR) is 67.6 cm³/mol. The first-order chi connectivity index (χ1) is 7.60. The van der Waals surface area contributed by atoms with Crippen molar-refractivity contribution >= 4 is 33.5 Å². The lowest BCUT2D eigenvalue weighted by Crippen LogP contribution is -2.27. The number of carbonyl (C=O) groups excluding carboxylic acids is 1. The number of likely N-dealkylation sites (N-methyl/N-ethyl adjacent to an activating group) is 1. The van der Waals surface area contributed by atoms with Crippen LogP contribution in [0.1, 0.15) is 18.5 Å². The van der Waals surface area contributed by atoms with Gasteiger partial charge in [-0.25, -0.2) is 4.79 Å². The van der Waals surface area contributed by atoms with Crippen LogP contribution < -0.4 is 5.32 Å². The average Bonchev–Trinajstić information content (AvgIpc) is 2.25. The van der Waals surface area contributed by atoms with Gasteiger partial charge in [0.15, 0.2) is 0 Å². The van der Waals surface area contributed by atoms with Crippen molar-refractivity contribution in [3.8, 4) is 0 Å². The highest BCUT2D eigenvalue weighted by Crippen LogP contribution is 2.26. The minimum absolute atomic E-state index is 0.292. The van der Waals surface area contributed by atoms with Gasteiger partial charge in [0.2, 0.25) is 0 Å². The summed E-state index contributed by atoms with van der Waals surface area (Å²) in [5.74, 6) is -0.292. The molecule has 0 aliphatic rings. The smallest absolute Gasteiger partial charge is 0.327 e. The molecule has 0 bridgehead atoms. The maximum Gasteiger partial charge on any atom is 0.327 e. The quantitative estimate of drug-likeness (QED) is 0.869. The molecule has 0 saturated carbocycles. The molecule has 16 heavy (non-hydrogen) atoms. The van der Waals surface area contributed by atoms with E-state index in [9.17, 15) is 4.79 Å². The second-order valence-corrected chi connectivity index (χ2v) is 4.41. The van der Waals surface area contributed by atoms with Crippen LogP contribution >= 0.6 is 27.5 Å². The van der Waals surface area contributed by atoms with Crippen LogP contribution in [0.2, 0.25) is 5.02 Å². The van der Waals surface area contributed by atoms with Gasteiger partial charge in [0.25, 0.3) is 0 Å². The summed E-state index contributed by atoms with van der Waals surface area (Å²) in [5, 5.41) is 3.52. The topological polar surface area (TPSA) is 38.3 Å². The molecule has 0 saturated heterocycles. The summed E-state index contributed by atoms with van der Waals surface area (Å²) >= 11 is 9.21. The third-order valence-electron chi connectivity index (χ3n) is 2.09. The molecule has 0 amide bonds. The third kappa shape index (κ3) is 3.20. The van der Waals surface area contributed by atoms with E-state index in [1.165, 1.54) is 0 Å². The number of halogens is 2. The molecule has 0 spiro atoms. The summed E-state index contributed by atoms with van der Waals surface area (Å²) < 4.78 is 5.73. The van der Waals surface area contributed by atoms with Crippen LogP contribution in [0.3, 0.4) is 0 Å². The Morgan fingerprint density at radius 3 is 2.81 bits per heavy atom. The number of ether oxygens (including phenoxy) is 1. The molecule has 1 unspecified atom stereocenters. The van der Waals surface area contributed by atoms with Gasteiger partial charge < -0.3 is 10.1 Å². The van der Waals surface area contributed by atoms with E-state index in [0.29, 0.717) is 11.6 Å². The third-order valence-corrected chi connectivity index (χ3v) is 3.30. The standard InChI is InChI=1S/C11H13BrClNO2/c1-3-16-11(15)10(14-2)7-4-5-9(13)8(12)6-7/h4-6,10,14H,3H2,1-2H3. The summed E-state index contributed by atoms with van der Waals surface area (Å²) in [6.07, 6.45) is 0. The first kappa shape index (κ1) is 13.5. The first-order valence-corrected chi connectivity index (χ1v) is 6.06. The van der Waals surface area contributed by atoms with Gasteiger partial charge in [-0.05, 0) is 47.6 Å². The Labute approximate surface area is 108 Å². The minimum atomic E-state index is -0.464. The van der Waals surface area contributed by atoms with E-state index in [1.54, 1.807) is 32.2 Å². The highest BCUT2D eigenvalue weighted by molar-refractivity contribution is 9.10. The molecular formula is C11H13BrClNO2. The Kier molecular flexibility index (Phi) is 5.25. The summed E-state index contributed by atoms with van der Waals surface area (Å²) in [5.41, 5.74) is 0.817. The molecule has 0 aromatic heterocycles. The number of esters is 1. The molecule has 1 atom stereocenters. The van der Waals surface area contributed by atoms with Crippen molar-refractivity contribution in [3.05, 3.63) is 33.3 Å². The molecule has 5 heteroatoms. The summed E-state index contributed by atoms with van der Waals surface area (Å²) in [6.45, 7) is 2.15. The molecule has 0 heterocycles. The Bertz CT molecular complexity index is 384. The first-order valence-electron chi connectivity index (χ1n) is 4.89. The molecule has 88 valence electrons. The van der Waals surface area contributed by atoms with Crippen LogP contribution in [0.4, 0.5) is 0 Å². The van der Waals surface area contributed by atoms with Crippen LogP contribution in [-0.2, 0) is 9.53 Å². The molecule has 0 aliphatic heterocycles. The van der Waals surface area contributed by atoms with Gasteiger partial charge in [-0.1, -0.05) is 17.7 Å². The fourth-order valence-corrected chi connectivity index (χ4v) is 1.85. The van der Waals surface area contributed by atoms with E-state index in [4.69, 9.17) is 16.3 Å². The molecule has 0 fully saturated rings. The van der Waals surface area contributed by atoms with Crippen LogP contribution in [0.5, 0.6) is 0 Å². The van der Waals surface area contributed by atoms with E-state index in [2.05, 4.69) is 21.2 Å². The minimum Gasteiger partial charge on any atom is -0.465 e. The molecular weight excluding hydrogens is 293 g/mol. The van der Waals surface area contributed by atoms with Gasteiger partial charge in [-0.15, -0.1) is 0 Å². The van der Waals surface area contributed by atoms with Crippen LogP contribution in [-0.4, -0.2) is 19.6 Å². The monoisotopic (exact) mass is 305 g/mol. The van der Waals surface area contributed by atoms with E-state index >= 15 is 0 Å². The van der Waals surface area contributed by atoms with Crippen LogP contribution in [0, 0.1) is 0 Å². The second kappa shape index (κ2) is 6.23. The van der Waals surface area contributed by atoms with E-state index in [0.717, 1.165) is 10.0 Å². The lowest BCUT2D eigenvalue weighted by atomic mass is 10.1. The van der Waals surface area contributed by atoms with Gasteiger partial charge >= 0.3 is 5.97 Å². The second-order valence-electron chi connectivity index (χ2n) is 3.15. The van der Waals surface area contributed by atoms with Crippen molar-refractivity contribution in [2.24, 2.45) is 0 Å². The number of rotatable bonds is 4. The number of hydrogen-bond acceptors (Lipinski definition) is 3. The van der Waals surface area contributed by atoms with Gasteiger partial charge in [0.05, 0.1) is 11.6 Å². The number of hydrogen-bond donors (Lipinski definition) is 1. The van der Waals surface area contributed by atoms with Crippen molar-refractivity contribution in [2.45, 2.75) is 13.0 Å². The molecule has 1 N–H and O–H groups in total. The maximum absolute atomic E-state index is 11.6. The predicted octanol–water partition coefficient (Wildman–Crippen LogP) is 2.93. The molecule has 1 aromatic carbocycles. The van der Waals surface area contributed by atoms with Crippen molar-refractivity contribution in [3.63, 3.8) is 0 Å². The van der Waals surface area contributed by atoms with E-state index < -0.39 is 6.04 Å². The summed E-state index contributed by atoms with van der Waals surface area (Å²) in [4.78, 5) is 11.6. The number of carbonyl (C=O) groups is 1. The van der Waals surface area contributed by atoms with Gasteiger partial charge in [0.1, 0.15) is 6.04 Å². The van der Waals surface area contributed by atoms with Gasteiger partial charge in [-0.3, -0.25) is 0 Å². The van der Waals surface area contributed by atoms with E-state index in [-0.39, 0.29) is 5.97 Å². The van der Waals surface area contributed by atoms with Crippen LogP contribution in [0.25, 0.3) is 0 Å². The van der Waals surface area contributed by atoms with Crippen molar-refractivity contribution < 1.29 is 9.53 Å². The summed E-state index contributed by atoms with van der Waals surface area (Å²) in [6, 6.07) is 4.88. The Morgan fingerprint density at radius 1 is 1.62 bits per heavy atom. The lowest BCUT2D eigenvalue weighted by Gasteiger charge is -2.15. The largest absolute Gasteiger partial charge is 0.465 e. The SMILES string of the molecule is CCOC(=O)C(NC)c1ccc(Cl)c(Br)c1. The van der Waals surface area contributed by atoms with E-state index in [1.807, 2.05) is 0 Å². The highest BCUT2D eigenvalue weighted by atomic mass is 79.9. The lowest BCUT2D eigenvalue weighted by molar-refractivity contribution is -0.145. The Morgan fingerprint density at radius 2 is 2.31 bits per heavy atom. The highest BCUT2D eigenvalue weighted by Gasteiger charge is 2.20.